The first-order valence-corrected chi connectivity index (χ1v) is 8.63. The molecular weight excluding hydrogens is 344 g/mol. The highest BCUT2D eigenvalue weighted by molar-refractivity contribution is 5.82. The minimum Gasteiger partial charge on any atom is -0.458 e. The van der Waals surface area contributed by atoms with Crippen LogP contribution in [0.2, 0.25) is 0 Å². The lowest BCUT2D eigenvalue weighted by Crippen LogP contribution is -2.51. The standard InChI is InChI=1S/C18H26O8/c1-5-6-8-14(23-11(2)19)17(24-12(3)20)18(25-13(4)21)15-9-7-10-16(22)26-15/h7,10,14-15,17-18H,5-6,8-9H2,1-4H3/t14-,15+,17+,18+/m1/s1. The van der Waals surface area contributed by atoms with E-state index in [4.69, 9.17) is 18.9 Å². The van der Waals surface area contributed by atoms with Crippen LogP contribution in [0.3, 0.4) is 0 Å². The first kappa shape index (κ1) is 21.7. The molecule has 0 N–H and O–H groups in total. The smallest absolute Gasteiger partial charge is 0.330 e. The van der Waals surface area contributed by atoms with Gasteiger partial charge in [-0.2, -0.15) is 0 Å². The van der Waals surface area contributed by atoms with Crippen molar-refractivity contribution in [3.8, 4) is 0 Å². The van der Waals surface area contributed by atoms with Gasteiger partial charge in [0, 0.05) is 33.3 Å². The maximum Gasteiger partial charge on any atom is 0.330 e. The van der Waals surface area contributed by atoms with Gasteiger partial charge in [0.15, 0.2) is 12.2 Å². The summed E-state index contributed by atoms with van der Waals surface area (Å²) in [6.07, 6.45) is 1.21. The highest BCUT2D eigenvalue weighted by Gasteiger charge is 2.43. The van der Waals surface area contributed by atoms with Crippen LogP contribution in [0.25, 0.3) is 0 Å². The zero-order valence-electron chi connectivity index (χ0n) is 15.6. The highest BCUT2D eigenvalue weighted by Crippen LogP contribution is 2.25. The van der Waals surface area contributed by atoms with Gasteiger partial charge in [0.1, 0.15) is 12.2 Å². The summed E-state index contributed by atoms with van der Waals surface area (Å²) in [4.78, 5) is 46.3. The second-order valence-corrected chi connectivity index (χ2v) is 6.05. The van der Waals surface area contributed by atoms with Crippen LogP contribution in [0.1, 0.15) is 53.4 Å². The molecule has 1 heterocycles. The third-order valence-electron chi connectivity index (χ3n) is 3.71. The molecule has 0 aromatic heterocycles. The molecule has 0 aromatic rings. The zero-order chi connectivity index (χ0) is 19.7. The van der Waals surface area contributed by atoms with Crippen LogP contribution in [0.15, 0.2) is 12.2 Å². The normalized spacial score (nSPS) is 19.7. The third-order valence-corrected chi connectivity index (χ3v) is 3.71. The van der Waals surface area contributed by atoms with Gasteiger partial charge in [-0.15, -0.1) is 0 Å². The predicted octanol–water partition coefficient (Wildman–Crippen LogP) is 1.84. The summed E-state index contributed by atoms with van der Waals surface area (Å²) in [6.45, 7) is 5.61. The Morgan fingerprint density at radius 1 is 1.12 bits per heavy atom. The molecule has 0 unspecified atom stereocenters. The van der Waals surface area contributed by atoms with Crippen molar-refractivity contribution >= 4 is 23.9 Å². The Hall–Kier alpha value is -2.38. The lowest BCUT2D eigenvalue weighted by molar-refractivity contribution is -0.198. The summed E-state index contributed by atoms with van der Waals surface area (Å²) in [5.41, 5.74) is 0. The maximum atomic E-state index is 11.6. The van der Waals surface area contributed by atoms with Gasteiger partial charge in [0.2, 0.25) is 0 Å². The van der Waals surface area contributed by atoms with E-state index in [1.807, 2.05) is 6.92 Å². The molecule has 0 radical (unpaired) electrons. The Kier molecular flexibility index (Phi) is 8.81. The van der Waals surface area contributed by atoms with E-state index in [0.29, 0.717) is 12.8 Å². The Balaban J connectivity index is 3.18. The number of cyclic esters (lactones) is 1. The molecule has 0 aromatic carbocycles. The fourth-order valence-electron chi connectivity index (χ4n) is 2.74. The van der Waals surface area contributed by atoms with E-state index >= 15 is 0 Å². The lowest BCUT2D eigenvalue weighted by atomic mass is 9.95. The Morgan fingerprint density at radius 3 is 2.23 bits per heavy atom. The number of rotatable bonds is 9. The van der Waals surface area contributed by atoms with Crippen molar-refractivity contribution in [3.63, 3.8) is 0 Å². The van der Waals surface area contributed by atoms with Gasteiger partial charge in [-0.05, 0) is 12.8 Å². The molecule has 26 heavy (non-hydrogen) atoms. The van der Waals surface area contributed by atoms with E-state index in [1.165, 1.54) is 26.8 Å². The van der Waals surface area contributed by atoms with Crippen LogP contribution in [-0.2, 0) is 38.1 Å². The van der Waals surface area contributed by atoms with E-state index in [1.54, 1.807) is 6.08 Å². The molecule has 1 rings (SSSR count). The highest BCUT2D eigenvalue weighted by atomic mass is 16.6. The number of esters is 4. The monoisotopic (exact) mass is 370 g/mol. The number of ether oxygens (including phenoxy) is 4. The minimum atomic E-state index is -1.09. The average molecular weight is 370 g/mol. The fraction of sp³-hybridized carbons (Fsp3) is 0.667. The van der Waals surface area contributed by atoms with Crippen LogP contribution in [0, 0.1) is 0 Å². The van der Waals surface area contributed by atoms with Crippen molar-refractivity contribution < 1.29 is 38.1 Å². The molecule has 0 saturated carbocycles. The van der Waals surface area contributed by atoms with Crippen LogP contribution in [0.5, 0.6) is 0 Å². The quantitative estimate of drug-likeness (QED) is 0.447. The summed E-state index contributed by atoms with van der Waals surface area (Å²) in [7, 11) is 0. The Bertz CT molecular complexity index is 553. The fourth-order valence-corrected chi connectivity index (χ4v) is 2.74. The molecule has 0 saturated heterocycles. The van der Waals surface area contributed by atoms with E-state index in [9.17, 15) is 19.2 Å². The summed E-state index contributed by atoms with van der Waals surface area (Å²) >= 11 is 0. The van der Waals surface area contributed by atoms with Gasteiger partial charge in [-0.25, -0.2) is 4.79 Å². The zero-order valence-corrected chi connectivity index (χ0v) is 15.6. The summed E-state index contributed by atoms with van der Waals surface area (Å²) in [5, 5.41) is 0. The summed E-state index contributed by atoms with van der Waals surface area (Å²) < 4.78 is 21.2. The van der Waals surface area contributed by atoms with Gasteiger partial charge in [0.25, 0.3) is 0 Å². The molecular formula is C18H26O8. The van der Waals surface area contributed by atoms with Gasteiger partial charge < -0.3 is 18.9 Å². The van der Waals surface area contributed by atoms with Crippen molar-refractivity contribution in [2.45, 2.75) is 77.8 Å². The average Bonchev–Trinajstić information content (AvgIpc) is 2.54. The van der Waals surface area contributed by atoms with Gasteiger partial charge in [-0.1, -0.05) is 19.4 Å². The van der Waals surface area contributed by atoms with E-state index in [2.05, 4.69) is 0 Å². The molecule has 0 spiro atoms. The van der Waals surface area contributed by atoms with Crippen molar-refractivity contribution in [2.24, 2.45) is 0 Å². The number of carbonyl (C=O) groups is 4. The topological polar surface area (TPSA) is 105 Å². The Morgan fingerprint density at radius 2 is 1.73 bits per heavy atom. The molecule has 8 heteroatoms. The lowest BCUT2D eigenvalue weighted by Gasteiger charge is -2.36. The predicted molar refractivity (Wildman–Crippen MR) is 89.8 cm³/mol. The number of unbranched alkanes of at least 4 members (excludes halogenated alkanes) is 1. The van der Waals surface area contributed by atoms with Crippen molar-refractivity contribution in [3.05, 3.63) is 12.2 Å². The first-order chi connectivity index (χ1) is 12.2. The number of carbonyl (C=O) groups excluding carboxylic acids is 4. The van der Waals surface area contributed by atoms with Crippen molar-refractivity contribution in [1.29, 1.82) is 0 Å². The number of hydrogen-bond acceptors (Lipinski definition) is 8. The van der Waals surface area contributed by atoms with Crippen LogP contribution >= 0.6 is 0 Å². The molecule has 1 aliphatic heterocycles. The molecule has 0 fully saturated rings. The molecule has 8 nitrogen and oxygen atoms in total. The van der Waals surface area contributed by atoms with E-state index in [-0.39, 0.29) is 6.42 Å². The molecule has 146 valence electrons. The molecule has 1 aliphatic rings. The van der Waals surface area contributed by atoms with Crippen LogP contribution in [0.4, 0.5) is 0 Å². The Labute approximate surface area is 152 Å². The van der Waals surface area contributed by atoms with Gasteiger partial charge >= 0.3 is 23.9 Å². The molecule has 0 aliphatic carbocycles. The van der Waals surface area contributed by atoms with E-state index in [0.717, 1.165) is 6.42 Å². The molecule has 4 atom stereocenters. The van der Waals surface area contributed by atoms with Crippen molar-refractivity contribution in [2.75, 3.05) is 0 Å². The van der Waals surface area contributed by atoms with E-state index < -0.39 is 48.3 Å². The van der Waals surface area contributed by atoms with Gasteiger partial charge in [-0.3, -0.25) is 14.4 Å². The number of hydrogen-bond donors (Lipinski definition) is 0. The largest absolute Gasteiger partial charge is 0.458 e. The van der Waals surface area contributed by atoms with Crippen molar-refractivity contribution in [1.82, 2.24) is 0 Å². The molecule has 0 amide bonds. The van der Waals surface area contributed by atoms with Gasteiger partial charge in [0.05, 0.1) is 0 Å². The third kappa shape index (κ3) is 7.25. The second-order valence-electron chi connectivity index (χ2n) is 6.05. The minimum absolute atomic E-state index is 0.280. The SMILES string of the molecule is CCCC[C@@H](OC(C)=O)[C@H](OC(C)=O)[C@@H](OC(C)=O)[C@@H]1CC=CC(=O)O1. The second kappa shape index (κ2) is 10.6. The van der Waals surface area contributed by atoms with Crippen LogP contribution < -0.4 is 0 Å². The summed E-state index contributed by atoms with van der Waals surface area (Å²) in [5.74, 6) is -2.39. The van der Waals surface area contributed by atoms with Crippen LogP contribution in [-0.4, -0.2) is 48.3 Å². The summed E-state index contributed by atoms with van der Waals surface area (Å²) in [6, 6.07) is 0. The first-order valence-electron chi connectivity index (χ1n) is 8.63. The maximum absolute atomic E-state index is 11.6. The molecule has 0 bridgehead atoms.